The average Bonchev–Trinajstić information content (AvgIpc) is 2.95. The van der Waals surface area contributed by atoms with Crippen LogP contribution in [0.25, 0.3) is 0 Å². The van der Waals surface area contributed by atoms with Crippen molar-refractivity contribution in [1.29, 1.82) is 0 Å². The Labute approximate surface area is 134 Å². The standard InChI is InChI=1S/C11H12BrClN2O3S2/c1-7-14-8(6-19-7)5-15(2)20(16,17)10-3-9(4-13)18-11(10)12/h3,6H,4-5H2,1-2H3. The second kappa shape index (κ2) is 6.15. The summed E-state index contributed by atoms with van der Waals surface area (Å²) in [6.07, 6.45) is 0. The van der Waals surface area contributed by atoms with Crippen LogP contribution >= 0.6 is 38.9 Å². The summed E-state index contributed by atoms with van der Waals surface area (Å²) in [6.45, 7) is 2.09. The summed E-state index contributed by atoms with van der Waals surface area (Å²) in [6, 6.07) is 1.43. The molecule has 2 aromatic rings. The lowest BCUT2D eigenvalue weighted by Crippen LogP contribution is -2.26. The lowest BCUT2D eigenvalue weighted by atomic mass is 10.5. The molecule has 0 fully saturated rings. The van der Waals surface area contributed by atoms with Crippen LogP contribution in [0.1, 0.15) is 16.5 Å². The monoisotopic (exact) mass is 398 g/mol. The average molecular weight is 400 g/mol. The van der Waals surface area contributed by atoms with Crippen molar-refractivity contribution in [2.45, 2.75) is 24.2 Å². The van der Waals surface area contributed by atoms with Crippen molar-refractivity contribution in [2.24, 2.45) is 0 Å². The molecule has 2 heterocycles. The molecule has 0 aliphatic heterocycles. The maximum Gasteiger partial charge on any atom is 0.247 e. The van der Waals surface area contributed by atoms with Gasteiger partial charge in [-0.05, 0) is 22.9 Å². The zero-order valence-corrected chi connectivity index (χ0v) is 14.7. The Bertz CT molecular complexity index is 711. The van der Waals surface area contributed by atoms with E-state index in [0.29, 0.717) is 5.76 Å². The molecule has 0 amide bonds. The topological polar surface area (TPSA) is 63.4 Å². The molecule has 0 saturated heterocycles. The number of thiazole rings is 1. The zero-order chi connectivity index (χ0) is 14.9. The number of hydrogen-bond acceptors (Lipinski definition) is 5. The van der Waals surface area contributed by atoms with Crippen LogP contribution in [0.5, 0.6) is 0 Å². The van der Waals surface area contributed by atoms with Crippen LogP contribution in [0, 0.1) is 6.92 Å². The number of alkyl halides is 1. The predicted molar refractivity (Wildman–Crippen MR) is 81.5 cm³/mol. The Morgan fingerprint density at radius 2 is 2.25 bits per heavy atom. The first-order chi connectivity index (χ1) is 9.34. The van der Waals surface area contributed by atoms with Gasteiger partial charge in [0.1, 0.15) is 10.7 Å². The molecule has 0 N–H and O–H groups in total. The van der Waals surface area contributed by atoms with Crippen molar-refractivity contribution in [2.75, 3.05) is 7.05 Å². The summed E-state index contributed by atoms with van der Waals surface area (Å²) >= 11 is 10.2. The Morgan fingerprint density at radius 3 is 2.75 bits per heavy atom. The largest absolute Gasteiger partial charge is 0.452 e. The molecule has 0 radical (unpaired) electrons. The number of halogens is 2. The third kappa shape index (κ3) is 3.25. The molecule has 2 aromatic heterocycles. The molecule has 0 aliphatic rings. The molecule has 0 saturated carbocycles. The highest BCUT2D eigenvalue weighted by molar-refractivity contribution is 9.10. The van der Waals surface area contributed by atoms with E-state index in [1.807, 2.05) is 12.3 Å². The first kappa shape index (κ1) is 16.0. The molecule has 2 rings (SSSR count). The van der Waals surface area contributed by atoms with Crippen molar-refractivity contribution >= 4 is 48.9 Å². The molecule has 0 bridgehead atoms. The van der Waals surface area contributed by atoms with E-state index in [2.05, 4.69) is 20.9 Å². The normalized spacial score (nSPS) is 12.2. The maximum atomic E-state index is 12.5. The van der Waals surface area contributed by atoms with Gasteiger partial charge in [-0.2, -0.15) is 4.31 Å². The van der Waals surface area contributed by atoms with Crippen LogP contribution in [0.15, 0.2) is 25.4 Å². The number of hydrogen-bond donors (Lipinski definition) is 0. The number of furan rings is 1. The number of aryl methyl sites for hydroxylation is 1. The van der Waals surface area contributed by atoms with Crippen LogP contribution in [-0.4, -0.2) is 24.8 Å². The van der Waals surface area contributed by atoms with Gasteiger partial charge in [0.15, 0.2) is 4.67 Å². The highest BCUT2D eigenvalue weighted by Gasteiger charge is 2.27. The first-order valence-electron chi connectivity index (χ1n) is 5.56. The lowest BCUT2D eigenvalue weighted by Gasteiger charge is -2.14. The van der Waals surface area contributed by atoms with E-state index in [1.54, 1.807) is 0 Å². The summed E-state index contributed by atoms with van der Waals surface area (Å²) in [5.74, 6) is 0.512. The summed E-state index contributed by atoms with van der Waals surface area (Å²) in [7, 11) is -2.15. The SMILES string of the molecule is Cc1nc(CN(C)S(=O)(=O)c2cc(CCl)oc2Br)cs1. The van der Waals surface area contributed by atoms with Gasteiger partial charge >= 0.3 is 0 Å². The number of aromatic nitrogens is 1. The number of sulfonamides is 1. The van der Waals surface area contributed by atoms with Crippen molar-refractivity contribution in [3.63, 3.8) is 0 Å². The van der Waals surface area contributed by atoms with Crippen molar-refractivity contribution < 1.29 is 12.8 Å². The summed E-state index contributed by atoms with van der Waals surface area (Å²) in [5.41, 5.74) is 0.718. The van der Waals surface area contributed by atoms with Gasteiger partial charge in [-0.15, -0.1) is 22.9 Å². The van der Waals surface area contributed by atoms with Gasteiger partial charge in [0.25, 0.3) is 0 Å². The van der Waals surface area contributed by atoms with Crippen LogP contribution in [-0.2, 0) is 22.4 Å². The van der Waals surface area contributed by atoms with Crippen molar-refractivity contribution in [1.82, 2.24) is 9.29 Å². The molecule has 20 heavy (non-hydrogen) atoms. The lowest BCUT2D eigenvalue weighted by molar-refractivity contribution is 0.456. The molecule has 0 unspecified atom stereocenters. The van der Waals surface area contributed by atoms with E-state index < -0.39 is 10.0 Å². The van der Waals surface area contributed by atoms with E-state index in [4.69, 9.17) is 16.0 Å². The molecule has 0 spiro atoms. The van der Waals surface area contributed by atoms with E-state index in [9.17, 15) is 8.42 Å². The molecular weight excluding hydrogens is 388 g/mol. The molecule has 0 aliphatic carbocycles. The highest BCUT2D eigenvalue weighted by Crippen LogP contribution is 2.29. The third-order valence-electron chi connectivity index (χ3n) is 2.58. The minimum Gasteiger partial charge on any atom is -0.452 e. The Kier molecular flexibility index (Phi) is 4.91. The Hall–Kier alpha value is -0.410. The van der Waals surface area contributed by atoms with E-state index in [0.717, 1.165) is 10.7 Å². The zero-order valence-electron chi connectivity index (χ0n) is 10.8. The Morgan fingerprint density at radius 1 is 1.55 bits per heavy atom. The van der Waals surface area contributed by atoms with Gasteiger partial charge in [-0.3, -0.25) is 0 Å². The van der Waals surface area contributed by atoms with Gasteiger partial charge in [-0.25, -0.2) is 13.4 Å². The number of nitrogens with zero attached hydrogens (tertiary/aromatic N) is 2. The molecular formula is C11H12BrClN2O3S2. The van der Waals surface area contributed by atoms with Gasteiger partial charge in [-0.1, -0.05) is 0 Å². The smallest absolute Gasteiger partial charge is 0.247 e. The minimum atomic E-state index is -3.65. The molecule has 5 nitrogen and oxygen atoms in total. The minimum absolute atomic E-state index is 0.0719. The van der Waals surface area contributed by atoms with E-state index in [1.165, 1.54) is 28.8 Å². The Balaban J connectivity index is 2.26. The van der Waals surface area contributed by atoms with Crippen molar-refractivity contribution in [3.8, 4) is 0 Å². The fourth-order valence-corrected chi connectivity index (χ4v) is 4.44. The van der Waals surface area contributed by atoms with E-state index >= 15 is 0 Å². The first-order valence-corrected chi connectivity index (χ1v) is 9.21. The predicted octanol–water partition coefficient (Wildman–Crippen LogP) is 3.37. The van der Waals surface area contributed by atoms with Gasteiger partial charge < -0.3 is 4.42 Å². The second-order valence-corrected chi connectivity index (χ2v) is 8.17. The quantitative estimate of drug-likeness (QED) is 0.723. The summed E-state index contributed by atoms with van der Waals surface area (Å²) in [4.78, 5) is 4.33. The van der Waals surface area contributed by atoms with Gasteiger partial charge in [0.2, 0.25) is 10.0 Å². The van der Waals surface area contributed by atoms with Crippen LogP contribution in [0.3, 0.4) is 0 Å². The fraction of sp³-hybridized carbons (Fsp3) is 0.364. The van der Waals surface area contributed by atoms with Gasteiger partial charge in [0.05, 0.1) is 23.1 Å². The molecule has 9 heteroatoms. The van der Waals surface area contributed by atoms with Crippen LogP contribution in [0.2, 0.25) is 0 Å². The molecule has 0 aromatic carbocycles. The second-order valence-electron chi connectivity index (χ2n) is 4.10. The fourth-order valence-electron chi connectivity index (χ4n) is 1.60. The summed E-state index contributed by atoms with van der Waals surface area (Å²) in [5, 5.41) is 2.75. The van der Waals surface area contributed by atoms with Gasteiger partial charge in [0, 0.05) is 18.5 Å². The van der Waals surface area contributed by atoms with Crippen molar-refractivity contribution in [3.05, 3.63) is 32.6 Å². The highest BCUT2D eigenvalue weighted by atomic mass is 79.9. The maximum absolute atomic E-state index is 12.5. The number of rotatable bonds is 5. The molecule has 0 atom stereocenters. The third-order valence-corrected chi connectivity index (χ3v) is 6.32. The molecule has 110 valence electrons. The van der Waals surface area contributed by atoms with E-state index in [-0.39, 0.29) is 22.0 Å². The van der Waals surface area contributed by atoms with Crippen LogP contribution < -0.4 is 0 Å². The summed E-state index contributed by atoms with van der Waals surface area (Å²) < 4.78 is 31.5. The van der Waals surface area contributed by atoms with Crippen LogP contribution in [0.4, 0.5) is 0 Å².